The van der Waals surface area contributed by atoms with E-state index in [1.54, 1.807) is 6.20 Å². The highest BCUT2D eigenvalue weighted by molar-refractivity contribution is 5.93. The maximum atomic E-state index is 13.0. The van der Waals surface area contributed by atoms with Crippen LogP contribution >= 0.6 is 0 Å². The van der Waals surface area contributed by atoms with Gasteiger partial charge in [0.1, 0.15) is 11.5 Å². The molecule has 1 amide bonds. The molecule has 2 aliphatic rings. The molecule has 5 nitrogen and oxygen atoms in total. The second-order valence-electron chi connectivity index (χ2n) is 7.09. The molecular formula is C21H22N4O. The van der Waals surface area contributed by atoms with E-state index in [0.29, 0.717) is 24.7 Å². The van der Waals surface area contributed by atoms with Gasteiger partial charge in [0.2, 0.25) is 0 Å². The Hall–Kier alpha value is -2.87. The first-order valence-corrected chi connectivity index (χ1v) is 9.22. The summed E-state index contributed by atoms with van der Waals surface area (Å²) in [6.07, 6.45) is 7.91. The van der Waals surface area contributed by atoms with E-state index in [1.807, 2.05) is 29.2 Å². The van der Waals surface area contributed by atoms with Gasteiger partial charge in [0.05, 0.1) is 17.8 Å². The molecule has 26 heavy (non-hydrogen) atoms. The Morgan fingerprint density at radius 3 is 2.77 bits per heavy atom. The van der Waals surface area contributed by atoms with Crippen LogP contribution in [-0.4, -0.2) is 33.4 Å². The second-order valence-corrected chi connectivity index (χ2v) is 7.09. The molecule has 0 N–H and O–H groups in total. The van der Waals surface area contributed by atoms with E-state index < -0.39 is 0 Å². The van der Waals surface area contributed by atoms with E-state index in [0.717, 1.165) is 42.8 Å². The minimum Gasteiger partial charge on any atom is -0.333 e. The molecule has 2 aliphatic heterocycles. The second kappa shape index (κ2) is 6.80. The molecule has 5 heteroatoms. The molecule has 1 aromatic carbocycles. The number of aryl methyl sites for hydroxylation is 1. The van der Waals surface area contributed by atoms with Crippen LogP contribution in [0.25, 0.3) is 5.57 Å². The monoisotopic (exact) mass is 346 g/mol. The van der Waals surface area contributed by atoms with Gasteiger partial charge in [0.15, 0.2) is 0 Å². The summed E-state index contributed by atoms with van der Waals surface area (Å²) in [6.45, 7) is 3.49. The van der Waals surface area contributed by atoms with Crippen LogP contribution < -0.4 is 0 Å². The van der Waals surface area contributed by atoms with Crippen molar-refractivity contribution in [2.24, 2.45) is 0 Å². The van der Waals surface area contributed by atoms with Gasteiger partial charge in [-0.25, -0.2) is 4.98 Å². The van der Waals surface area contributed by atoms with Gasteiger partial charge < -0.3 is 9.47 Å². The van der Waals surface area contributed by atoms with Crippen molar-refractivity contribution in [1.29, 1.82) is 5.26 Å². The highest BCUT2D eigenvalue weighted by Crippen LogP contribution is 2.28. The standard InChI is InChI=1S/C21H22N4O/c1-15-3-2-4-20-23-14-19(25(15)20)21(26)24-11-9-18(10-12-24)17-7-5-16(13-22)6-8-17/h5-9,14-15H,2-4,10-12H2,1H3. The predicted octanol–water partition coefficient (Wildman–Crippen LogP) is 3.58. The Labute approximate surface area is 153 Å². The summed E-state index contributed by atoms with van der Waals surface area (Å²) in [4.78, 5) is 19.4. The first-order valence-electron chi connectivity index (χ1n) is 9.22. The predicted molar refractivity (Wildman–Crippen MR) is 99.5 cm³/mol. The molecule has 0 radical (unpaired) electrons. The van der Waals surface area contributed by atoms with Gasteiger partial charge in [-0.1, -0.05) is 18.2 Å². The fourth-order valence-corrected chi connectivity index (χ4v) is 3.96. The molecule has 2 aromatic rings. The van der Waals surface area contributed by atoms with Crippen LogP contribution in [0.15, 0.2) is 36.5 Å². The molecule has 0 saturated heterocycles. The Morgan fingerprint density at radius 2 is 2.08 bits per heavy atom. The maximum Gasteiger partial charge on any atom is 0.272 e. The molecular weight excluding hydrogens is 324 g/mol. The number of benzene rings is 1. The van der Waals surface area contributed by atoms with E-state index in [2.05, 4.69) is 28.6 Å². The number of nitriles is 1. The van der Waals surface area contributed by atoms with Gasteiger partial charge in [0, 0.05) is 25.6 Å². The zero-order chi connectivity index (χ0) is 18.1. The lowest BCUT2D eigenvalue weighted by molar-refractivity contribution is 0.0758. The molecule has 132 valence electrons. The van der Waals surface area contributed by atoms with Gasteiger partial charge in [-0.2, -0.15) is 5.26 Å². The summed E-state index contributed by atoms with van der Waals surface area (Å²) in [5.74, 6) is 1.12. The summed E-state index contributed by atoms with van der Waals surface area (Å²) >= 11 is 0. The topological polar surface area (TPSA) is 61.9 Å². The smallest absolute Gasteiger partial charge is 0.272 e. The molecule has 0 aliphatic carbocycles. The number of amides is 1. The minimum atomic E-state index is 0.0765. The third-order valence-corrected chi connectivity index (χ3v) is 5.44. The lowest BCUT2D eigenvalue weighted by Crippen LogP contribution is -2.36. The lowest BCUT2D eigenvalue weighted by Gasteiger charge is -2.29. The zero-order valence-corrected chi connectivity index (χ0v) is 15.0. The lowest BCUT2D eigenvalue weighted by atomic mass is 9.98. The van der Waals surface area contributed by atoms with Crippen molar-refractivity contribution < 1.29 is 4.79 Å². The Morgan fingerprint density at radius 1 is 1.27 bits per heavy atom. The number of hydrogen-bond donors (Lipinski definition) is 0. The van der Waals surface area contributed by atoms with E-state index in [1.165, 1.54) is 5.57 Å². The Balaban J connectivity index is 1.51. The SMILES string of the molecule is CC1CCCc2ncc(C(=O)N3CC=C(c4ccc(C#N)cc4)CC3)n21. The summed E-state index contributed by atoms with van der Waals surface area (Å²) < 4.78 is 2.13. The molecule has 0 spiro atoms. The number of imidazole rings is 1. The molecule has 1 atom stereocenters. The van der Waals surface area contributed by atoms with Crippen molar-refractivity contribution in [3.05, 3.63) is 59.2 Å². The fraction of sp³-hybridized carbons (Fsp3) is 0.381. The van der Waals surface area contributed by atoms with Crippen molar-refractivity contribution in [2.45, 2.75) is 38.6 Å². The van der Waals surface area contributed by atoms with Crippen LogP contribution in [-0.2, 0) is 6.42 Å². The van der Waals surface area contributed by atoms with Crippen molar-refractivity contribution in [2.75, 3.05) is 13.1 Å². The van der Waals surface area contributed by atoms with Crippen LogP contribution in [0.3, 0.4) is 0 Å². The number of rotatable bonds is 2. The number of carbonyl (C=O) groups excluding carboxylic acids is 1. The van der Waals surface area contributed by atoms with Crippen LogP contribution in [0.5, 0.6) is 0 Å². The number of fused-ring (bicyclic) bond motifs is 1. The highest BCUT2D eigenvalue weighted by Gasteiger charge is 2.27. The van der Waals surface area contributed by atoms with E-state index in [9.17, 15) is 4.79 Å². The summed E-state index contributed by atoms with van der Waals surface area (Å²) in [5.41, 5.74) is 3.76. The van der Waals surface area contributed by atoms with Crippen molar-refractivity contribution in [3.63, 3.8) is 0 Å². The van der Waals surface area contributed by atoms with Crippen molar-refractivity contribution >= 4 is 11.5 Å². The van der Waals surface area contributed by atoms with Crippen molar-refractivity contribution in [3.8, 4) is 6.07 Å². The quantitative estimate of drug-likeness (QED) is 0.835. The first-order chi connectivity index (χ1) is 12.7. The minimum absolute atomic E-state index is 0.0765. The molecule has 1 unspecified atom stereocenters. The third kappa shape index (κ3) is 2.92. The molecule has 0 saturated carbocycles. The van der Waals surface area contributed by atoms with Gasteiger partial charge in [0.25, 0.3) is 5.91 Å². The number of carbonyl (C=O) groups is 1. The van der Waals surface area contributed by atoms with Crippen LogP contribution in [0.2, 0.25) is 0 Å². The van der Waals surface area contributed by atoms with Gasteiger partial charge >= 0.3 is 0 Å². The van der Waals surface area contributed by atoms with Gasteiger partial charge in [-0.05, 0) is 49.5 Å². The molecule has 0 bridgehead atoms. The van der Waals surface area contributed by atoms with Gasteiger partial charge in [-0.15, -0.1) is 0 Å². The Bertz CT molecular complexity index is 901. The van der Waals surface area contributed by atoms with Crippen LogP contribution in [0.4, 0.5) is 0 Å². The number of aromatic nitrogens is 2. The summed E-state index contributed by atoms with van der Waals surface area (Å²) in [5, 5.41) is 8.91. The van der Waals surface area contributed by atoms with Gasteiger partial charge in [-0.3, -0.25) is 4.79 Å². The summed E-state index contributed by atoms with van der Waals surface area (Å²) in [6, 6.07) is 10.1. The third-order valence-electron chi connectivity index (χ3n) is 5.44. The first kappa shape index (κ1) is 16.6. The fourth-order valence-electron chi connectivity index (χ4n) is 3.96. The van der Waals surface area contributed by atoms with Crippen LogP contribution in [0.1, 0.15) is 59.7 Å². The maximum absolute atomic E-state index is 13.0. The summed E-state index contributed by atoms with van der Waals surface area (Å²) in [7, 11) is 0. The van der Waals surface area contributed by atoms with E-state index in [4.69, 9.17) is 5.26 Å². The average molecular weight is 346 g/mol. The zero-order valence-electron chi connectivity index (χ0n) is 15.0. The molecule has 1 aromatic heterocycles. The number of hydrogen-bond acceptors (Lipinski definition) is 3. The van der Waals surface area contributed by atoms with E-state index in [-0.39, 0.29) is 5.91 Å². The molecule has 0 fully saturated rings. The molecule has 3 heterocycles. The van der Waals surface area contributed by atoms with E-state index >= 15 is 0 Å². The van der Waals surface area contributed by atoms with Crippen molar-refractivity contribution in [1.82, 2.24) is 14.5 Å². The molecule has 4 rings (SSSR count). The number of nitrogens with zero attached hydrogens (tertiary/aromatic N) is 4. The van der Waals surface area contributed by atoms with Crippen LogP contribution in [0, 0.1) is 11.3 Å². The Kier molecular flexibility index (Phi) is 4.34. The normalized spacial score (nSPS) is 19.5. The average Bonchev–Trinajstić information content (AvgIpc) is 3.13. The highest BCUT2D eigenvalue weighted by atomic mass is 16.2. The largest absolute Gasteiger partial charge is 0.333 e.